The molecule has 0 fully saturated rings. The van der Waals surface area contributed by atoms with E-state index in [0.717, 1.165) is 31.1 Å². The summed E-state index contributed by atoms with van der Waals surface area (Å²) in [5, 5.41) is 4.53. The first-order valence-electron chi connectivity index (χ1n) is 5.10. The van der Waals surface area contributed by atoms with Crippen molar-refractivity contribution < 1.29 is 0 Å². The van der Waals surface area contributed by atoms with E-state index in [-0.39, 0.29) is 0 Å². The molecule has 2 rings (SSSR count). The third kappa shape index (κ3) is 1.50. The molecule has 0 atom stereocenters. The lowest BCUT2D eigenvalue weighted by Crippen LogP contribution is -2.14. The normalized spacial score (nSPS) is 16.6. The molecule has 2 N–H and O–H groups in total. The van der Waals surface area contributed by atoms with Gasteiger partial charge in [-0.05, 0) is 13.0 Å². The van der Waals surface area contributed by atoms with Crippen LogP contribution in [0.2, 0.25) is 0 Å². The van der Waals surface area contributed by atoms with E-state index in [0.29, 0.717) is 5.92 Å². The maximum Gasteiger partial charge on any atom is 0.126 e. The summed E-state index contributed by atoms with van der Waals surface area (Å²) in [6.45, 7) is 7.16. The Morgan fingerprint density at radius 1 is 1.43 bits per heavy atom. The molecule has 0 amide bonds. The van der Waals surface area contributed by atoms with E-state index in [4.69, 9.17) is 5.73 Å². The Bertz CT molecular complexity index is 340. The van der Waals surface area contributed by atoms with Crippen molar-refractivity contribution in [1.29, 1.82) is 0 Å². The minimum Gasteiger partial charge on any atom is -0.384 e. The van der Waals surface area contributed by atoms with Crippen LogP contribution in [-0.2, 0) is 19.6 Å². The zero-order valence-corrected chi connectivity index (χ0v) is 9.12. The number of rotatable bonds is 2. The van der Waals surface area contributed by atoms with Gasteiger partial charge < -0.3 is 5.73 Å². The largest absolute Gasteiger partial charge is 0.384 e. The molecule has 4 heteroatoms. The van der Waals surface area contributed by atoms with Gasteiger partial charge >= 0.3 is 0 Å². The zero-order chi connectivity index (χ0) is 10.3. The number of fused-ring (bicyclic) bond motifs is 1. The first-order valence-corrected chi connectivity index (χ1v) is 5.10. The Labute approximate surface area is 84.7 Å². The van der Waals surface area contributed by atoms with Crippen LogP contribution < -0.4 is 5.73 Å². The van der Waals surface area contributed by atoms with E-state index >= 15 is 0 Å². The predicted molar refractivity (Wildman–Crippen MR) is 56.6 cm³/mol. The van der Waals surface area contributed by atoms with Crippen molar-refractivity contribution in [2.75, 3.05) is 12.8 Å². The van der Waals surface area contributed by atoms with E-state index in [1.54, 1.807) is 0 Å². The quantitative estimate of drug-likeness (QED) is 0.766. The lowest BCUT2D eigenvalue weighted by atomic mass is 10.2. The number of hydrogen-bond donors (Lipinski definition) is 1. The van der Waals surface area contributed by atoms with E-state index in [1.165, 1.54) is 5.56 Å². The van der Waals surface area contributed by atoms with Gasteiger partial charge in [0.1, 0.15) is 5.82 Å². The van der Waals surface area contributed by atoms with Crippen LogP contribution in [0.15, 0.2) is 0 Å². The molecule has 0 bridgehead atoms. The van der Waals surface area contributed by atoms with Crippen molar-refractivity contribution in [3.63, 3.8) is 0 Å². The standard InChI is InChI=1S/C10H18N4/c1-7(2)4-14-10(11)8-5-13(3)6-9(8)12-14/h7H,4-6,11H2,1-3H3. The zero-order valence-electron chi connectivity index (χ0n) is 9.12. The second-order valence-electron chi connectivity index (χ2n) is 4.56. The molecule has 0 saturated heterocycles. The van der Waals surface area contributed by atoms with Gasteiger partial charge in [-0.25, -0.2) is 4.68 Å². The average Bonchev–Trinajstić information content (AvgIpc) is 2.53. The maximum atomic E-state index is 6.04. The van der Waals surface area contributed by atoms with Gasteiger partial charge in [-0.3, -0.25) is 4.90 Å². The third-order valence-electron chi connectivity index (χ3n) is 2.56. The second-order valence-corrected chi connectivity index (χ2v) is 4.56. The highest BCUT2D eigenvalue weighted by Crippen LogP contribution is 2.26. The molecule has 0 saturated carbocycles. The van der Waals surface area contributed by atoms with Crippen LogP contribution in [0.25, 0.3) is 0 Å². The Balaban J connectivity index is 2.26. The number of nitrogens with zero attached hydrogens (tertiary/aromatic N) is 3. The Morgan fingerprint density at radius 2 is 2.14 bits per heavy atom. The van der Waals surface area contributed by atoms with Gasteiger partial charge in [0.25, 0.3) is 0 Å². The van der Waals surface area contributed by atoms with Crippen molar-refractivity contribution in [3.8, 4) is 0 Å². The van der Waals surface area contributed by atoms with Crippen LogP contribution >= 0.6 is 0 Å². The molecule has 1 aromatic rings. The van der Waals surface area contributed by atoms with E-state index < -0.39 is 0 Å². The molecule has 0 aromatic carbocycles. The summed E-state index contributed by atoms with van der Waals surface area (Å²) < 4.78 is 1.95. The highest BCUT2D eigenvalue weighted by atomic mass is 15.3. The summed E-state index contributed by atoms with van der Waals surface area (Å²) in [7, 11) is 2.09. The summed E-state index contributed by atoms with van der Waals surface area (Å²) in [6.07, 6.45) is 0. The monoisotopic (exact) mass is 194 g/mol. The van der Waals surface area contributed by atoms with Crippen LogP contribution in [0.5, 0.6) is 0 Å². The highest BCUT2D eigenvalue weighted by molar-refractivity contribution is 5.45. The molecule has 0 radical (unpaired) electrons. The third-order valence-corrected chi connectivity index (χ3v) is 2.56. The fourth-order valence-electron chi connectivity index (χ4n) is 1.93. The lowest BCUT2D eigenvalue weighted by Gasteiger charge is -2.10. The number of aromatic nitrogens is 2. The number of nitrogen functional groups attached to an aromatic ring is 1. The van der Waals surface area contributed by atoms with Gasteiger partial charge in [-0.15, -0.1) is 0 Å². The summed E-state index contributed by atoms with van der Waals surface area (Å²) in [6, 6.07) is 0. The summed E-state index contributed by atoms with van der Waals surface area (Å²) in [4.78, 5) is 2.23. The first kappa shape index (κ1) is 9.52. The molecule has 0 unspecified atom stereocenters. The van der Waals surface area contributed by atoms with E-state index in [2.05, 4.69) is 30.9 Å². The first-order chi connectivity index (χ1) is 6.58. The van der Waals surface area contributed by atoms with Gasteiger partial charge in [0.05, 0.1) is 5.69 Å². The molecular weight excluding hydrogens is 176 g/mol. The molecule has 78 valence electrons. The highest BCUT2D eigenvalue weighted by Gasteiger charge is 2.23. The average molecular weight is 194 g/mol. The number of nitrogens with two attached hydrogens (primary N) is 1. The molecule has 1 aliphatic heterocycles. The Hall–Kier alpha value is -1.03. The van der Waals surface area contributed by atoms with Crippen LogP contribution in [-0.4, -0.2) is 21.7 Å². The topological polar surface area (TPSA) is 47.1 Å². The lowest BCUT2D eigenvalue weighted by molar-refractivity contribution is 0.344. The molecule has 0 aliphatic carbocycles. The van der Waals surface area contributed by atoms with E-state index in [1.807, 2.05) is 4.68 Å². The van der Waals surface area contributed by atoms with Crippen LogP contribution in [0.4, 0.5) is 5.82 Å². The second kappa shape index (κ2) is 3.28. The van der Waals surface area contributed by atoms with Gasteiger partial charge in [0.2, 0.25) is 0 Å². The molecule has 4 nitrogen and oxygen atoms in total. The predicted octanol–water partition coefficient (Wildman–Crippen LogP) is 1.07. The Morgan fingerprint density at radius 3 is 2.71 bits per heavy atom. The minimum atomic E-state index is 0.593. The van der Waals surface area contributed by atoms with Gasteiger partial charge in [0.15, 0.2) is 0 Å². The minimum absolute atomic E-state index is 0.593. The van der Waals surface area contributed by atoms with Crippen molar-refractivity contribution in [1.82, 2.24) is 14.7 Å². The van der Waals surface area contributed by atoms with Crippen molar-refractivity contribution >= 4 is 5.82 Å². The van der Waals surface area contributed by atoms with Crippen molar-refractivity contribution in [3.05, 3.63) is 11.3 Å². The molecule has 0 spiro atoms. The SMILES string of the molecule is CC(C)Cn1nc2c(c1N)CN(C)C2. The van der Waals surface area contributed by atoms with E-state index in [9.17, 15) is 0 Å². The van der Waals surface area contributed by atoms with Crippen molar-refractivity contribution in [2.24, 2.45) is 5.92 Å². The Kier molecular flexibility index (Phi) is 2.23. The van der Waals surface area contributed by atoms with Gasteiger partial charge in [0, 0.05) is 25.2 Å². The molecule has 2 heterocycles. The summed E-state index contributed by atoms with van der Waals surface area (Å²) in [5.74, 6) is 1.45. The van der Waals surface area contributed by atoms with Crippen LogP contribution in [0, 0.1) is 5.92 Å². The fraction of sp³-hybridized carbons (Fsp3) is 0.700. The van der Waals surface area contributed by atoms with Gasteiger partial charge in [-0.1, -0.05) is 13.8 Å². The molecule has 1 aromatic heterocycles. The number of anilines is 1. The fourth-order valence-corrected chi connectivity index (χ4v) is 1.93. The molecule has 1 aliphatic rings. The summed E-state index contributed by atoms with van der Waals surface area (Å²) in [5.41, 5.74) is 8.43. The summed E-state index contributed by atoms with van der Waals surface area (Å²) >= 11 is 0. The van der Waals surface area contributed by atoms with Crippen LogP contribution in [0.1, 0.15) is 25.1 Å². The maximum absolute atomic E-state index is 6.04. The smallest absolute Gasteiger partial charge is 0.126 e. The number of hydrogen-bond acceptors (Lipinski definition) is 3. The van der Waals surface area contributed by atoms with Crippen molar-refractivity contribution in [2.45, 2.75) is 33.5 Å². The molecular formula is C10H18N4. The molecule has 14 heavy (non-hydrogen) atoms. The van der Waals surface area contributed by atoms with Gasteiger partial charge in [-0.2, -0.15) is 5.10 Å². The van der Waals surface area contributed by atoms with Crippen LogP contribution in [0.3, 0.4) is 0 Å².